The van der Waals surface area contributed by atoms with E-state index in [9.17, 15) is 9.59 Å². The van der Waals surface area contributed by atoms with E-state index in [1.807, 2.05) is 30.3 Å². The quantitative estimate of drug-likeness (QED) is 0.689. The zero-order valence-electron chi connectivity index (χ0n) is 15.8. The predicted octanol–water partition coefficient (Wildman–Crippen LogP) is 3.75. The summed E-state index contributed by atoms with van der Waals surface area (Å²) >= 11 is 0. The molecule has 0 unspecified atom stereocenters. The molecule has 0 spiro atoms. The van der Waals surface area contributed by atoms with Gasteiger partial charge in [0.2, 0.25) is 0 Å². The molecule has 1 aliphatic rings. The summed E-state index contributed by atoms with van der Waals surface area (Å²) in [6, 6.07) is 19.1. The third-order valence-corrected chi connectivity index (χ3v) is 5.36. The Hall–Kier alpha value is -2.92. The van der Waals surface area contributed by atoms with Gasteiger partial charge >= 0.3 is 5.63 Å². The van der Waals surface area contributed by atoms with Crippen molar-refractivity contribution < 1.29 is 9.21 Å². The summed E-state index contributed by atoms with van der Waals surface area (Å²) in [6.45, 7) is 2.50. The Balaban J connectivity index is 1.54. The highest BCUT2D eigenvalue weighted by molar-refractivity contribution is 5.96. The van der Waals surface area contributed by atoms with Crippen LogP contribution in [0.5, 0.6) is 0 Å². The van der Waals surface area contributed by atoms with Gasteiger partial charge in [-0.15, -0.1) is 0 Å². The van der Waals surface area contributed by atoms with Crippen molar-refractivity contribution in [2.24, 2.45) is 0 Å². The number of hydrogen-bond acceptors (Lipinski definition) is 4. The molecule has 2 heterocycles. The first-order chi connectivity index (χ1) is 13.7. The van der Waals surface area contributed by atoms with Gasteiger partial charge < -0.3 is 9.73 Å². The van der Waals surface area contributed by atoms with Gasteiger partial charge in [0.1, 0.15) is 11.1 Å². The van der Waals surface area contributed by atoms with Gasteiger partial charge in [0.25, 0.3) is 5.91 Å². The Labute approximate surface area is 164 Å². The first-order valence-corrected chi connectivity index (χ1v) is 9.82. The fraction of sp³-hybridized carbons (Fsp3) is 0.304. The van der Waals surface area contributed by atoms with Crippen molar-refractivity contribution in [3.8, 4) is 0 Å². The van der Waals surface area contributed by atoms with Crippen LogP contribution in [0.4, 0.5) is 0 Å². The molecule has 1 atom stereocenters. The zero-order valence-corrected chi connectivity index (χ0v) is 15.8. The fourth-order valence-electron chi connectivity index (χ4n) is 3.87. The molecule has 1 amide bonds. The number of nitrogens with one attached hydrogen (secondary N) is 1. The van der Waals surface area contributed by atoms with Crippen LogP contribution < -0.4 is 10.9 Å². The second-order valence-electron chi connectivity index (χ2n) is 7.22. The maximum atomic E-state index is 12.7. The smallest absolute Gasteiger partial charge is 0.349 e. The highest BCUT2D eigenvalue weighted by Gasteiger charge is 2.23. The monoisotopic (exact) mass is 376 g/mol. The summed E-state index contributed by atoms with van der Waals surface area (Å²) in [4.78, 5) is 27.4. The third-order valence-electron chi connectivity index (χ3n) is 5.36. The standard InChI is InChI=1S/C23H24N2O3/c26-22(19-15-18-11-5-6-12-21(18)28-23(19)27)24-16-20(17-9-3-1-4-10-17)25-13-7-2-8-14-25/h1,3-6,9-12,15,20H,2,7-8,13-14,16H2,(H,24,26)/t20-/m0/s1. The normalized spacial score (nSPS) is 16.0. The van der Waals surface area contributed by atoms with Gasteiger partial charge in [-0.25, -0.2) is 4.79 Å². The molecule has 0 aliphatic carbocycles. The predicted molar refractivity (Wildman–Crippen MR) is 109 cm³/mol. The molecule has 144 valence electrons. The van der Waals surface area contributed by atoms with E-state index >= 15 is 0 Å². The molecule has 5 heteroatoms. The number of rotatable bonds is 5. The van der Waals surface area contributed by atoms with Crippen LogP contribution in [0.25, 0.3) is 11.0 Å². The van der Waals surface area contributed by atoms with Crippen molar-refractivity contribution >= 4 is 16.9 Å². The van der Waals surface area contributed by atoms with Crippen molar-refractivity contribution in [3.63, 3.8) is 0 Å². The Morgan fingerprint density at radius 1 is 1.00 bits per heavy atom. The largest absolute Gasteiger partial charge is 0.422 e. The first kappa shape index (κ1) is 18.4. The molecule has 0 bridgehead atoms. The van der Waals surface area contributed by atoms with Crippen molar-refractivity contribution in [2.75, 3.05) is 19.6 Å². The lowest BCUT2D eigenvalue weighted by atomic mass is 10.0. The van der Waals surface area contributed by atoms with Gasteiger partial charge in [-0.1, -0.05) is 55.0 Å². The Bertz CT molecular complexity index is 1010. The molecule has 1 N–H and O–H groups in total. The highest BCUT2D eigenvalue weighted by atomic mass is 16.4. The van der Waals surface area contributed by atoms with Crippen LogP contribution in [0.15, 0.2) is 69.9 Å². The van der Waals surface area contributed by atoms with E-state index < -0.39 is 11.5 Å². The lowest BCUT2D eigenvalue weighted by Gasteiger charge is -2.35. The molecule has 1 saturated heterocycles. The zero-order chi connectivity index (χ0) is 19.3. The topological polar surface area (TPSA) is 62.6 Å². The van der Waals surface area contributed by atoms with E-state index in [2.05, 4.69) is 22.3 Å². The van der Waals surface area contributed by atoms with Crippen molar-refractivity contribution in [2.45, 2.75) is 25.3 Å². The minimum Gasteiger partial charge on any atom is -0.422 e. The number of carbonyl (C=O) groups excluding carboxylic acids is 1. The van der Waals surface area contributed by atoms with Gasteiger partial charge in [0, 0.05) is 11.9 Å². The van der Waals surface area contributed by atoms with Crippen LogP contribution in [-0.2, 0) is 0 Å². The first-order valence-electron chi connectivity index (χ1n) is 9.82. The summed E-state index contributed by atoms with van der Waals surface area (Å²) in [5.41, 5.74) is 1.10. The van der Waals surface area contributed by atoms with Gasteiger partial charge in [-0.2, -0.15) is 0 Å². The van der Waals surface area contributed by atoms with E-state index in [0.717, 1.165) is 18.5 Å². The maximum absolute atomic E-state index is 12.7. The van der Waals surface area contributed by atoms with Crippen LogP contribution in [0.1, 0.15) is 41.2 Å². The van der Waals surface area contributed by atoms with E-state index in [1.165, 1.54) is 24.8 Å². The van der Waals surface area contributed by atoms with Crippen LogP contribution >= 0.6 is 0 Å². The number of hydrogen-bond donors (Lipinski definition) is 1. The molecule has 28 heavy (non-hydrogen) atoms. The maximum Gasteiger partial charge on any atom is 0.349 e. The summed E-state index contributed by atoms with van der Waals surface area (Å²) in [5, 5.41) is 3.70. The molecule has 1 aliphatic heterocycles. The van der Waals surface area contributed by atoms with E-state index in [0.29, 0.717) is 12.1 Å². The summed E-state index contributed by atoms with van der Waals surface area (Å²) in [5.74, 6) is -0.391. The summed E-state index contributed by atoms with van der Waals surface area (Å²) in [6.07, 6.45) is 3.60. The highest BCUT2D eigenvalue weighted by Crippen LogP contribution is 2.24. The van der Waals surface area contributed by atoms with Crippen molar-refractivity contribution in [3.05, 3.63) is 82.2 Å². The third kappa shape index (κ3) is 3.99. The Morgan fingerprint density at radius 3 is 2.50 bits per heavy atom. The summed E-state index contributed by atoms with van der Waals surface area (Å²) in [7, 11) is 0. The molecule has 1 fully saturated rings. The van der Waals surface area contributed by atoms with Crippen molar-refractivity contribution in [1.29, 1.82) is 0 Å². The fourth-order valence-corrected chi connectivity index (χ4v) is 3.87. The molecule has 2 aromatic carbocycles. The van der Waals surface area contributed by atoms with Crippen LogP contribution in [0, 0.1) is 0 Å². The SMILES string of the molecule is O=C(NC[C@@H](c1ccccc1)N1CCCCC1)c1cc2ccccc2oc1=O. The number of benzene rings is 2. The second-order valence-corrected chi connectivity index (χ2v) is 7.22. The Kier molecular flexibility index (Phi) is 5.53. The average molecular weight is 376 g/mol. The van der Waals surface area contributed by atoms with Crippen LogP contribution in [0.2, 0.25) is 0 Å². The van der Waals surface area contributed by atoms with E-state index in [-0.39, 0.29) is 11.6 Å². The number of piperidine rings is 1. The number of nitrogens with zero attached hydrogens (tertiary/aromatic N) is 1. The molecule has 0 saturated carbocycles. The minimum atomic E-state index is -0.606. The minimum absolute atomic E-state index is 0.0455. The number of para-hydroxylation sites is 1. The van der Waals surface area contributed by atoms with Gasteiger partial charge in [-0.05, 0) is 43.6 Å². The van der Waals surface area contributed by atoms with Gasteiger partial charge in [-0.3, -0.25) is 9.69 Å². The Morgan fingerprint density at radius 2 is 1.71 bits per heavy atom. The second kappa shape index (κ2) is 8.40. The van der Waals surface area contributed by atoms with Gasteiger partial charge in [0.15, 0.2) is 0 Å². The molecule has 0 radical (unpaired) electrons. The number of fused-ring (bicyclic) bond motifs is 1. The molecular formula is C23H24N2O3. The number of carbonyl (C=O) groups is 1. The lowest BCUT2D eigenvalue weighted by molar-refractivity contribution is 0.0921. The van der Waals surface area contributed by atoms with Crippen LogP contribution in [-0.4, -0.2) is 30.4 Å². The molecule has 4 rings (SSSR count). The van der Waals surface area contributed by atoms with E-state index in [1.54, 1.807) is 18.2 Å². The van der Waals surface area contributed by atoms with E-state index in [4.69, 9.17) is 4.42 Å². The molecule has 3 aromatic rings. The number of amides is 1. The summed E-state index contributed by atoms with van der Waals surface area (Å²) < 4.78 is 5.29. The molecule has 5 nitrogen and oxygen atoms in total. The van der Waals surface area contributed by atoms with Crippen molar-refractivity contribution in [1.82, 2.24) is 10.2 Å². The van der Waals surface area contributed by atoms with Gasteiger partial charge in [0.05, 0.1) is 6.04 Å². The number of likely N-dealkylation sites (tertiary alicyclic amines) is 1. The lowest BCUT2D eigenvalue weighted by Crippen LogP contribution is -2.41. The average Bonchev–Trinajstić information content (AvgIpc) is 2.75. The molecular weight excluding hydrogens is 352 g/mol. The molecule has 1 aromatic heterocycles. The van der Waals surface area contributed by atoms with Crippen LogP contribution in [0.3, 0.4) is 0 Å².